The van der Waals surface area contributed by atoms with E-state index in [2.05, 4.69) is 21.2 Å². The van der Waals surface area contributed by atoms with Crippen molar-refractivity contribution in [2.45, 2.75) is 32.7 Å². The summed E-state index contributed by atoms with van der Waals surface area (Å²) in [7, 11) is 0. The van der Waals surface area contributed by atoms with Crippen LogP contribution in [-0.2, 0) is 9.59 Å². The quantitative estimate of drug-likeness (QED) is 0.757. The van der Waals surface area contributed by atoms with Gasteiger partial charge in [0.05, 0.1) is 5.52 Å². The van der Waals surface area contributed by atoms with Crippen LogP contribution in [-0.4, -0.2) is 22.8 Å². The summed E-state index contributed by atoms with van der Waals surface area (Å²) in [5, 5.41) is 3.64. The number of hydrogen-bond donors (Lipinski definition) is 3. The van der Waals surface area contributed by atoms with E-state index in [0.29, 0.717) is 18.7 Å². The Morgan fingerprint density at radius 1 is 1.23 bits per heavy atom. The Morgan fingerprint density at radius 2 is 2.00 bits per heavy atom. The molecule has 1 aliphatic heterocycles. The van der Waals surface area contributed by atoms with Gasteiger partial charge in [-0.2, -0.15) is 0 Å². The maximum absolute atomic E-state index is 11.8. The summed E-state index contributed by atoms with van der Waals surface area (Å²) in [6, 6.07) is 11.0. The summed E-state index contributed by atoms with van der Waals surface area (Å²) < 4.78 is 0. The van der Waals surface area contributed by atoms with E-state index in [9.17, 15) is 9.59 Å². The van der Waals surface area contributed by atoms with Gasteiger partial charge in [-0.25, -0.2) is 4.98 Å². The van der Waals surface area contributed by atoms with E-state index in [0.717, 1.165) is 10.9 Å². The minimum Gasteiger partial charge on any atom is -0.344 e. The van der Waals surface area contributed by atoms with E-state index in [-0.39, 0.29) is 11.8 Å². The zero-order valence-corrected chi connectivity index (χ0v) is 12.7. The Hall–Kier alpha value is -2.63. The maximum atomic E-state index is 11.8. The summed E-state index contributed by atoms with van der Waals surface area (Å²) in [4.78, 5) is 27.2. The summed E-state index contributed by atoms with van der Waals surface area (Å²) in [6.45, 7) is 4.00. The molecular weight excluding hydrogens is 280 g/mol. The van der Waals surface area contributed by atoms with Gasteiger partial charge >= 0.3 is 0 Å². The van der Waals surface area contributed by atoms with Crippen molar-refractivity contribution in [3.8, 4) is 0 Å². The number of para-hydroxylation sites is 1. The molecule has 0 radical (unpaired) electrons. The number of nitrogens with zero attached hydrogens (tertiary/aromatic N) is 1. The average Bonchev–Trinajstić information content (AvgIpc) is 3.01. The van der Waals surface area contributed by atoms with Crippen LogP contribution in [0, 0.1) is 0 Å². The van der Waals surface area contributed by atoms with Crippen molar-refractivity contribution in [3.05, 3.63) is 36.4 Å². The molecular formula is C16H20N4O2. The summed E-state index contributed by atoms with van der Waals surface area (Å²) in [5.41, 5.74) is 6.17. The number of hydrazine groups is 1. The minimum absolute atomic E-state index is 0.0889. The second-order valence-corrected chi connectivity index (χ2v) is 4.66. The number of hydrogen-bond acceptors (Lipinski definition) is 4. The molecule has 1 aliphatic rings. The van der Waals surface area contributed by atoms with Gasteiger partial charge in [-0.3, -0.25) is 20.4 Å². The number of anilines is 1. The number of amides is 2. The predicted molar refractivity (Wildman–Crippen MR) is 86.0 cm³/mol. The molecule has 6 heteroatoms. The fourth-order valence-corrected chi connectivity index (χ4v) is 2.16. The van der Waals surface area contributed by atoms with Gasteiger partial charge < -0.3 is 5.32 Å². The van der Waals surface area contributed by atoms with Gasteiger partial charge in [-0.1, -0.05) is 32.0 Å². The van der Waals surface area contributed by atoms with Gasteiger partial charge in [0, 0.05) is 11.8 Å². The molecule has 1 saturated heterocycles. The lowest BCUT2D eigenvalue weighted by Crippen LogP contribution is -2.44. The van der Waals surface area contributed by atoms with Crippen LogP contribution < -0.4 is 16.2 Å². The highest BCUT2D eigenvalue weighted by Crippen LogP contribution is 2.14. The van der Waals surface area contributed by atoms with Crippen molar-refractivity contribution in [3.63, 3.8) is 0 Å². The van der Waals surface area contributed by atoms with Crippen molar-refractivity contribution in [1.82, 2.24) is 15.7 Å². The van der Waals surface area contributed by atoms with E-state index in [1.54, 1.807) is 6.07 Å². The third kappa shape index (κ3) is 3.72. The van der Waals surface area contributed by atoms with Crippen LogP contribution in [0.5, 0.6) is 0 Å². The molecule has 3 rings (SSSR count). The van der Waals surface area contributed by atoms with Crippen molar-refractivity contribution in [2.75, 3.05) is 5.43 Å². The van der Waals surface area contributed by atoms with E-state index in [4.69, 9.17) is 0 Å². The zero-order valence-electron chi connectivity index (χ0n) is 12.7. The normalized spacial score (nSPS) is 16.5. The highest BCUT2D eigenvalue weighted by atomic mass is 16.2. The molecule has 0 aliphatic carbocycles. The van der Waals surface area contributed by atoms with Crippen LogP contribution in [0.1, 0.15) is 26.7 Å². The van der Waals surface area contributed by atoms with Gasteiger partial charge in [-0.15, -0.1) is 0 Å². The Balaban J connectivity index is 0.000000847. The fraction of sp³-hybridized carbons (Fsp3) is 0.312. The van der Waals surface area contributed by atoms with Crippen LogP contribution in [0.2, 0.25) is 0 Å². The molecule has 1 fully saturated rings. The zero-order chi connectivity index (χ0) is 15.9. The summed E-state index contributed by atoms with van der Waals surface area (Å²) >= 11 is 0. The number of aromatic nitrogens is 1. The molecule has 1 unspecified atom stereocenters. The van der Waals surface area contributed by atoms with Gasteiger partial charge in [0.2, 0.25) is 5.91 Å². The second-order valence-electron chi connectivity index (χ2n) is 4.66. The Bertz CT molecular complexity index is 672. The molecule has 3 N–H and O–H groups in total. The molecule has 1 aromatic heterocycles. The highest BCUT2D eigenvalue weighted by molar-refractivity contribution is 5.91. The molecule has 1 atom stereocenters. The lowest BCUT2D eigenvalue weighted by atomic mass is 10.2. The third-order valence-corrected chi connectivity index (χ3v) is 3.22. The molecule has 22 heavy (non-hydrogen) atoms. The fourth-order valence-electron chi connectivity index (χ4n) is 2.16. The predicted octanol–water partition coefficient (Wildman–Crippen LogP) is 1.98. The molecule has 6 nitrogen and oxygen atoms in total. The molecule has 116 valence electrons. The largest absolute Gasteiger partial charge is 0.344 e. The Kier molecular flexibility index (Phi) is 5.30. The third-order valence-electron chi connectivity index (χ3n) is 3.22. The van der Waals surface area contributed by atoms with E-state index in [1.807, 2.05) is 44.2 Å². The number of carbonyl (C=O) groups is 2. The van der Waals surface area contributed by atoms with Crippen LogP contribution in [0.3, 0.4) is 0 Å². The molecule has 0 spiro atoms. The summed E-state index contributed by atoms with van der Waals surface area (Å²) in [5.74, 6) is 0.209. The maximum Gasteiger partial charge on any atom is 0.260 e. The van der Waals surface area contributed by atoms with Crippen LogP contribution in [0.15, 0.2) is 36.4 Å². The van der Waals surface area contributed by atoms with Gasteiger partial charge in [0.15, 0.2) is 0 Å². The van der Waals surface area contributed by atoms with Gasteiger partial charge in [0.25, 0.3) is 5.91 Å². The van der Waals surface area contributed by atoms with Crippen LogP contribution in [0.25, 0.3) is 10.9 Å². The molecule has 2 amide bonds. The Labute approximate surface area is 129 Å². The molecule has 1 aromatic carbocycles. The van der Waals surface area contributed by atoms with E-state index >= 15 is 0 Å². The molecule has 0 bridgehead atoms. The van der Waals surface area contributed by atoms with Crippen LogP contribution in [0.4, 0.5) is 5.82 Å². The Morgan fingerprint density at radius 3 is 2.73 bits per heavy atom. The molecule has 2 aromatic rings. The smallest absolute Gasteiger partial charge is 0.260 e. The number of carbonyl (C=O) groups excluding carboxylic acids is 2. The first-order chi connectivity index (χ1) is 10.7. The summed E-state index contributed by atoms with van der Waals surface area (Å²) in [6.07, 6.45) is 0.920. The van der Waals surface area contributed by atoms with E-state index < -0.39 is 6.04 Å². The van der Waals surface area contributed by atoms with Crippen LogP contribution >= 0.6 is 0 Å². The first-order valence-electron chi connectivity index (χ1n) is 7.43. The molecule has 0 saturated carbocycles. The highest BCUT2D eigenvalue weighted by Gasteiger charge is 2.26. The monoisotopic (exact) mass is 300 g/mol. The first-order valence-corrected chi connectivity index (χ1v) is 7.43. The van der Waals surface area contributed by atoms with Crippen molar-refractivity contribution in [1.29, 1.82) is 0 Å². The number of rotatable bonds is 3. The first kappa shape index (κ1) is 15.8. The standard InChI is InChI=1S/C14H14N4O2.C2H6/c19-13-8-6-11(16-13)14(20)18-17-12-7-5-9-3-1-2-4-10(9)15-12;1-2/h1-5,7,11H,6,8H2,(H,15,17)(H,16,19)(H,18,20);1-2H3. The topological polar surface area (TPSA) is 83.1 Å². The van der Waals surface area contributed by atoms with Crippen molar-refractivity contribution >= 4 is 28.5 Å². The minimum atomic E-state index is -0.463. The van der Waals surface area contributed by atoms with Crippen molar-refractivity contribution in [2.24, 2.45) is 0 Å². The van der Waals surface area contributed by atoms with Crippen molar-refractivity contribution < 1.29 is 9.59 Å². The SMILES string of the molecule is CC.O=C1CCC(C(=O)NNc2ccc3ccccc3n2)N1. The van der Waals surface area contributed by atoms with Gasteiger partial charge in [0.1, 0.15) is 11.9 Å². The number of fused-ring (bicyclic) bond motifs is 1. The van der Waals surface area contributed by atoms with Gasteiger partial charge in [-0.05, 0) is 24.6 Å². The lowest BCUT2D eigenvalue weighted by molar-refractivity contribution is -0.125. The second kappa shape index (κ2) is 7.40. The average molecular weight is 300 g/mol. The van der Waals surface area contributed by atoms with E-state index in [1.165, 1.54) is 0 Å². The number of nitrogens with one attached hydrogen (secondary N) is 3. The number of benzene rings is 1. The lowest BCUT2D eigenvalue weighted by Gasteiger charge is -2.12. The molecule has 2 heterocycles. The number of pyridine rings is 1.